The molecule has 0 N–H and O–H groups in total. The van der Waals surface area contributed by atoms with Gasteiger partial charge in [-0.15, -0.1) is 9.73 Å². The predicted octanol–water partition coefficient (Wildman–Crippen LogP) is 8.38. The average Bonchev–Trinajstić information content (AvgIpc) is 3.87. The average molecular weight is 892 g/mol. The molecule has 0 aliphatic heterocycles. The Bertz CT molecular complexity index is 3030. The number of aromatic nitrogens is 13. The lowest BCUT2D eigenvalue weighted by Gasteiger charge is -2.14. The Kier molecular flexibility index (Phi) is 15.6. The molecule has 0 spiro atoms. The Morgan fingerprint density at radius 1 is 0.523 bits per heavy atom. The summed E-state index contributed by atoms with van der Waals surface area (Å²) in [6.45, 7) is 32.3. The van der Waals surface area contributed by atoms with Gasteiger partial charge in [-0.25, -0.2) is 43.2 Å². The molecule has 0 aliphatic rings. The fourth-order valence-corrected chi connectivity index (χ4v) is 7.02. The second-order valence-corrected chi connectivity index (χ2v) is 18.4. The fraction of sp³-hybridized carbons (Fsp3) is 0.511. The molecule has 18 nitrogen and oxygen atoms in total. The van der Waals surface area contributed by atoms with Crippen LogP contribution in [0.4, 0.5) is 0 Å². The van der Waals surface area contributed by atoms with Crippen LogP contribution in [0.1, 0.15) is 181 Å². The molecule has 8 rings (SSSR count). The van der Waals surface area contributed by atoms with Crippen LogP contribution in [0.5, 0.6) is 0 Å². The van der Waals surface area contributed by atoms with Crippen molar-refractivity contribution in [2.75, 3.05) is 0 Å². The molecule has 2 aromatic carbocycles. The smallest absolute Gasteiger partial charge is 0.408 e. The van der Waals surface area contributed by atoms with E-state index in [0.717, 1.165) is 16.6 Å². The molecule has 348 valence electrons. The summed E-state index contributed by atoms with van der Waals surface area (Å²) in [7, 11) is 0. The zero-order valence-electron chi connectivity index (χ0n) is 40.7. The van der Waals surface area contributed by atoms with Crippen molar-refractivity contribution >= 4 is 33.6 Å². The van der Waals surface area contributed by atoms with Crippen molar-refractivity contribution in [3.8, 4) is 0 Å². The molecule has 65 heavy (non-hydrogen) atoms. The van der Waals surface area contributed by atoms with Gasteiger partial charge in [0.2, 0.25) is 0 Å². The molecule has 6 aromatic heterocycles. The molecular formula is C47H65N13O5. The molecule has 0 saturated heterocycles. The third-order valence-electron chi connectivity index (χ3n) is 10.5. The van der Waals surface area contributed by atoms with E-state index in [1.807, 2.05) is 101 Å². The Balaban J connectivity index is 0.000000163. The monoisotopic (exact) mass is 892 g/mol. The minimum atomic E-state index is -0.287. The van der Waals surface area contributed by atoms with E-state index in [0.29, 0.717) is 40.5 Å². The van der Waals surface area contributed by atoms with Gasteiger partial charge in [-0.05, 0) is 103 Å². The van der Waals surface area contributed by atoms with E-state index in [1.54, 1.807) is 26.2 Å². The van der Waals surface area contributed by atoms with Crippen molar-refractivity contribution in [2.45, 2.75) is 159 Å². The van der Waals surface area contributed by atoms with E-state index in [9.17, 15) is 19.2 Å². The minimum Gasteiger partial charge on any atom is -0.408 e. The summed E-state index contributed by atoms with van der Waals surface area (Å²) in [6.07, 6.45) is 4.60. The number of hydrogen-bond donors (Lipinski definition) is 0. The summed E-state index contributed by atoms with van der Waals surface area (Å²) in [4.78, 5) is 71.4. The standard InChI is InChI=1S/C14H18N2O.C13H17NO2.2C10H15N5O/c1-9(2)11-5-6-13-12(7-11)15-8-14(17)16(13)10(3)4;1-8(2)10-5-6-11-12(7-10)16-13(15)14(11)9(3)4;1-6(2)8-11-5-14-9(12-8)13-10(16)15(14)7(3)4;1-6(2)9-11-5-8-12-10(16)14(7(3)4)15(8)13-9/h5-10H,1-4H3;5-9H,1-4H3;2*5-7H,1-4H3. The number of rotatable bonds is 8. The van der Waals surface area contributed by atoms with E-state index in [2.05, 4.69) is 80.9 Å². The molecule has 0 atom stereocenters. The molecule has 18 heteroatoms. The van der Waals surface area contributed by atoms with Crippen LogP contribution in [-0.2, 0) is 0 Å². The third-order valence-corrected chi connectivity index (χ3v) is 10.5. The van der Waals surface area contributed by atoms with Gasteiger partial charge in [0.05, 0.1) is 41.0 Å². The van der Waals surface area contributed by atoms with Gasteiger partial charge in [0.15, 0.2) is 17.1 Å². The van der Waals surface area contributed by atoms with Crippen molar-refractivity contribution in [3.63, 3.8) is 0 Å². The summed E-state index contributed by atoms with van der Waals surface area (Å²) >= 11 is 0. The molecule has 0 aliphatic carbocycles. The van der Waals surface area contributed by atoms with Crippen LogP contribution in [0.25, 0.3) is 33.6 Å². The fourth-order valence-electron chi connectivity index (χ4n) is 7.02. The lowest BCUT2D eigenvalue weighted by molar-refractivity contribution is 0.446. The van der Waals surface area contributed by atoms with E-state index >= 15 is 0 Å². The van der Waals surface area contributed by atoms with Crippen LogP contribution in [0.3, 0.4) is 0 Å². The third kappa shape index (κ3) is 11.0. The molecule has 0 unspecified atom stereocenters. The highest BCUT2D eigenvalue weighted by molar-refractivity contribution is 5.76. The van der Waals surface area contributed by atoms with Gasteiger partial charge >= 0.3 is 17.1 Å². The summed E-state index contributed by atoms with van der Waals surface area (Å²) in [5.41, 5.74) is 5.69. The molecule has 0 saturated carbocycles. The van der Waals surface area contributed by atoms with Crippen molar-refractivity contribution in [2.24, 2.45) is 0 Å². The first-order chi connectivity index (χ1) is 30.5. The SMILES string of the molecule is CC(C)c1ccc2c(c1)ncc(=O)n2C(C)C.CC(C)c1ccc2c(c1)oc(=O)n2C(C)C.CC(C)c1ncc2nc(=O)n(C(C)C)n2n1.CC(C)c1ncn2c(n1)nc(=O)n2C(C)C. The highest BCUT2D eigenvalue weighted by Crippen LogP contribution is 2.23. The van der Waals surface area contributed by atoms with Crippen molar-refractivity contribution < 1.29 is 4.42 Å². The first-order valence-corrected chi connectivity index (χ1v) is 22.4. The first-order valence-electron chi connectivity index (χ1n) is 22.4. The van der Waals surface area contributed by atoms with Gasteiger partial charge < -0.3 is 8.98 Å². The second-order valence-electron chi connectivity index (χ2n) is 18.4. The van der Waals surface area contributed by atoms with Crippen LogP contribution in [0, 0.1) is 0 Å². The molecule has 6 heterocycles. The molecule has 0 radical (unpaired) electrons. The number of oxazole rings is 1. The zero-order valence-corrected chi connectivity index (χ0v) is 40.7. The van der Waals surface area contributed by atoms with Crippen LogP contribution in [-0.4, -0.2) is 62.6 Å². The maximum absolute atomic E-state index is 11.8. The van der Waals surface area contributed by atoms with Crippen LogP contribution >= 0.6 is 0 Å². The minimum absolute atomic E-state index is 0.0254. The Morgan fingerprint density at radius 3 is 1.65 bits per heavy atom. The van der Waals surface area contributed by atoms with Crippen LogP contribution < -0.4 is 22.7 Å². The normalized spacial score (nSPS) is 11.8. The number of benzene rings is 2. The van der Waals surface area contributed by atoms with Gasteiger partial charge in [-0.1, -0.05) is 67.5 Å². The summed E-state index contributed by atoms with van der Waals surface area (Å²) in [5, 5.41) is 4.32. The summed E-state index contributed by atoms with van der Waals surface area (Å²) < 4.78 is 14.9. The van der Waals surface area contributed by atoms with Crippen LogP contribution in [0.2, 0.25) is 0 Å². The van der Waals surface area contributed by atoms with E-state index in [-0.39, 0.29) is 58.7 Å². The Hall–Kier alpha value is -6.59. The van der Waals surface area contributed by atoms with Crippen LogP contribution in [0.15, 0.2) is 78.7 Å². The number of fused-ring (bicyclic) bond motifs is 4. The molecule has 0 bridgehead atoms. The maximum atomic E-state index is 11.8. The van der Waals surface area contributed by atoms with Gasteiger partial charge in [0.1, 0.15) is 12.2 Å². The highest BCUT2D eigenvalue weighted by atomic mass is 16.4. The zero-order chi connectivity index (χ0) is 48.2. The topological polar surface area (TPSA) is 200 Å². The Morgan fingerprint density at radius 2 is 1.09 bits per heavy atom. The largest absolute Gasteiger partial charge is 0.420 e. The highest BCUT2D eigenvalue weighted by Gasteiger charge is 2.16. The quantitative estimate of drug-likeness (QED) is 0.141. The van der Waals surface area contributed by atoms with Gasteiger partial charge in [0, 0.05) is 23.9 Å². The molecule has 0 fully saturated rings. The molecular weight excluding hydrogens is 827 g/mol. The van der Waals surface area contributed by atoms with Crippen molar-refractivity contribution in [3.05, 3.63) is 120 Å². The van der Waals surface area contributed by atoms with Gasteiger partial charge in [-0.2, -0.15) is 15.0 Å². The summed E-state index contributed by atoms with van der Waals surface area (Å²) in [6, 6.07) is 12.5. The van der Waals surface area contributed by atoms with E-state index in [4.69, 9.17) is 4.42 Å². The lowest BCUT2D eigenvalue weighted by atomic mass is 10.0. The van der Waals surface area contributed by atoms with E-state index < -0.39 is 0 Å². The second kappa shape index (κ2) is 20.5. The first kappa shape index (κ1) is 49.4. The lowest BCUT2D eigenvalue weighted by Crippen LogP contribution is -2.24. The number of nitrogens with zero attached hydrogens (tertiary/aromatic N) is 13. The van der Waals surface area contributed by atoms with Crippen molar-refractivity contribution in [1.82, 2.24) is 62.6 Å². The predicted molar refractivity (Wildman–Crippen MR) is 254 cm³/mol. The van der Waals surface area contributed by atoms with Crippen molar-refractivity contribution in [1.29, 1.82) is 0 Å². The summed E-state index contributed by atoms with van der Waals surface area (Å²) in [5.74, 6) is 2.92. The molecule has 8 aromatic rings. The molecule has 0 amide bonds. The van der Waals surface area contributed by atoms with Gasteiger partial charge in [0.25, 0.3) is 11.3 Å². The number of hydrogen-bond acceptors (Lipinski definition) is 12. The Labute approximate surface area is 378 Å². The van der Waals surface area contributed by atoms with E-state index in [1.165, 1.54) is 31.3 Å². The maximum Gasteiger partial charge on any atom is 0.420 e. The van der Waals surface area contributed by atoms with Gasteiger partial charge in [-0.3, -0.25) is 9.36 Å².